The van der Waals surface area contributed by atoms with Gasteiger partial charge in [-0.2, -0.15) is 0 Å². The summed E-state index contributed by atoms with van der Waals surface area (Å²) in [6, 6.07) is 16.1. The van der Waals surface area contributed by atoms with Crippen LogP contribution in [-0.4, -0.2) is 11.5 Å². The van der Waals surface area contributed by atoms with Gasteiger partial charge in [0.1, 0.15) is 6.10 Å². The molecule has 1 nitrogen and oxygen atoms in total. The molecule has 2 aromatic carbocycles. The molecule has 0 saturated carbocycles. The second-order valence-electron chi connectivity index (χ2n) is 3.77. The molecule has 2 aromatic rings. The smallest absolute Gasteiger partial charge is 0.268 e. The number of aliphatic hydroxyl groups is 1. The van der Waals surface area contributed by atoms with Crippen LogP contribution < -0.4 is 0 Å². The summed E-state index contributed by atoms with van der Waals surface area (Å²) in [7, 11) is 0. The monoisotopic (exact) mass is 234 g/mol. The molecule has 88 valence electrons. The zero-order valence-electron chi connectivity index (χ0n) is 9.05. The molecule has 0 unspecified atom stereocenters. The van der Waals surface area contributed by atoms with Crippen LogP contribution in [0.4, 0.5) is 8.78 Å². The Bertz CT molecular complexity index is 465. The molecule has 3 heteroatoms. The van der Waals surface area contributed by atoms with Crippen LogP contribution in [0.3, 0.4) is 0 Å². The van der Waals surface area contributed by atoms with Gasteiger partial charge in [0.2, 0.25) is 0 Å². The maximum Gasteiger partial charge on any atom is 0.268 e. The third-order valence-electron chi connectivity index (χ3n) is 2.60. The average Bonchev–Trinajstić information content (AvgIpc) is 2.39. The van der Waals surface area contributed by atoms with Crippen molar-refractivity contribution >= 4 is 0 Å². The van der Waals surface area contributed by atoms with E-state index in [-0.39, 0.29) is 5.56 Å². The average molecular weight is 234 g/mol. The van der Waals surface area contributed by atoms with Crippen LogP contribution in [0.25, 0.3) is 11.1 Å². The van der Waals surface area contributed by atoms with E-state index in [1.54, 1.807) is 12.1 Å². The molecule has 2 rings (SSSR count). The molecule has 0 aliphatic carbocycles. The van der Waals surface area contributed by atoms with E-state index in [4.69, 9.17) is 0 Å². The standard InChI is InChI=1S/C14H12F2O/c15-14(16)13(17)12-8-6-11(7-9-12)10-4-2-1-3-5-10/h1-9,13-14,17H/t13-/m0/s1. The van der Waals surface area contributed by atoms with Crippen LogP contribution in [0.1, 0.15) is 11.7 Å². The number of rotatable bonds is 3. The molecule has 0 amide bonds. The molecule has 0 aliphatic rings. The van der Waals surface area contributed by atoms with Crippen LogP contribution in [0, 0.1) is 0 Å². The maximum absolute atomic E-state index is 12.3. The van der Waals surface area contributed by atoms with Crippen LogP contribution in [-0.2, 0) is 0 Å². The van der Waals surface area contributed by atoms with Crippen molar-refractivity contribution < 1.29 is 13.9 Å². The Balaban J connectivity index is 2.25. The predicted octanol–water partition coefficient (Wildman–Crippen LogP) is 3.65. The molecule has 17 heavy (non-hydrogen) atoms. The summed E-state index contributed by atoms with van der Waals surface area (Å²) in [6.07, 6.45) is -4.46. The van der Waals surface area contributed by atoms with Gasteiger partial charge in [0.15, 0.2) is 0 Å². The van der Waals surface area contributed by atoms with E-state index in [0.29, 0.717) is 0 Å². The Morgan fingerprint density at radius 2 is 1.29 bits per heavy atom. The van der Waals surface area contributed by atoms with Gasteiger partial charge in [0, 0.05) is 0 Å². The van der Waals surface area contributed by atoms with Crippen molar-refractivity contribution in [3.63, 3.8) is 0 Å². The fourth-order valence-corrected chi connectivity index (χ4v) is 1.65. The van der Waals surface area contributed by atoms with E-state index in [1.165, 1.54) is 12.1 Å². The lowest BCUT2D eigenvalue weighted by Gasteiger charge is -2.10. The van der Waals surface area contributed by atoms with Crippen molar-refractivity contribution in [3.05, 3.63) is 60.2 Å². The first-order valence-corrected chi connectivity index (χ1v) is 5.30. The van der Waals surface area contributed by atoms with Gasteiger partial charge < -0.3 is 5.11 Å². The van der Waals surface area contributed by atoms with Gasteiger partial charge >= 0.3 is 0 Å². The zero-order valence-corrected chi connectivity index (χ0v) is 9.05. The second kappa shape index (κ2) is 5.06. The largest absolute Gasteiger partial charge is 0.382 e. The molecule has 0 heterocycles. The molecule has 0 aliphatic heterocycles. The van der Waals surface area contributed by atoms with Crippen molar-refractivity contribution in [1.29, 1.82) is 0 Å². The van der Waals surface area contributed by atoms with E-state index in [0.717, 1.165) is 11.1 Å². The van der Waals surface area contributed by atoms with Gasteiger partial charge in [-0.15, -0.1) is 0 Å². The molecule has 0 aromatic heterocycles. The summed E-state index contributed by atoms with van der Waals surface area (Å²) >= 11 is 0. The maximum atomic E-state index is 12.3. The topological polar surface area (TPSA) is 20.2 Å². The summed E-state index contributed by atoms with van der Waals surface area (Å²) < 4.78 is 24.6. The summed E-state index contributed by atoms with van der Waals surface area (Å²) in [5.41, 5.74) is 2.20. The lowest BCUT2D eigenvalue weighted by Crippen LogP contribution is -2.07. The Kier molecular flexibility index (Phi) is 3.49. The van der Waals surface area contributed by atoms with Gasteiger partial charge in [-0.25, -0.2) is 8.78 Å². The van der Waals surface area contributed by atoms with Crippen molar-refractivity contribution in [2.24, 2.45) is 0 Å². The Hall–Kier alpha value is -1.74. The van der Waals surface area contributed by atoms with Gasteiger partial charge in [-0.3, -0.25) is 0 Å². The Morgan fingerprint density at radius 1 is 0.765 bits per heavy atom. The highest BCUT2D eigenvalue weighted by Crippen LogP contribution is 2.24. The third kappa shape index (κ3) is 2.68. The fraction of sp³-hybridized carbons (Fsp3) is 0.143. The first kappa shape index (κ1) is 11.7. The number of aliphatic hydroxyl groups excluding tert-OH is 1. The van der Waals surface area contributed by atoms with Crippen molar-refractivity contribution in [3.8, 4) is 11.1 Å². The van der Waals surface area contributed by atoms with Crippen LogP contribution in [0.15, 0.2) is 54.6 Å². The molecule has 0 radical (unpaired) electrons. The highest BCUT2D eigenvalue weighted by molar-refractivity contribution is 5.63. The number of alkyl halides is 2. The number of hydrogen-bond donors (Lipinski definition) is 1. The van der Waals surface area contributed by atoms with Crippen molar-refractivity contribution in [1.82, 2.24) is 0 Å². The first-order valence-electron chi connectivity index (χ1n) is 5.30. The summed E-state index contributed by atoms with van der Waals surface area (Å²) in [5.74, 6) is 0. The van der Waals surface area contributed by atoms with Gasteiger partial charge in [-0.05, 0) is 16.7 Å². The molecular formula is C14H12F2O. The van der Waals surface area contributed by atoms with Gasteiger partial charge in [-0.1, -0.05) is 54.6 Å². The van der Waals surface area contributed by atoms with Crippen molar-refractivity contribution in [2.45, 2.75) is 12.5 Å². The quantitative estimate of drug-likeness (QED) is 0.859. The number of hydrogen-bond acceptors (Lipinski definition) is 1. The van der Waals surface area contributed by atoms with Crippen LogP contribution in [0.5, 0.6) is 0 Å². The van der Waals surface area contributed by atoms with Crippen LogP contribution in [0.2, 0.25) is 0 Å². The van der Waals surface area contributed by atoms with Gasteiger partial charge in [0.05, 0.1) is 0 Å². The molecule has 1 atom stereocenters. The number of halogens is 2. The minimum Gasteiger partial charge on any atom is -0.382 e. The SMILES string of the molecule is O[C@@H](c1ccc(-c2ccccc2)cc1)C(F)F. The highest BCUT2D eigenvalue weighted by Gasteiger charge is 2.18. The zero-order chi connectivity index (χ0) is 12.3. The van der Waals surface area contributed by atoms with Gasteiger partial charge in [0.25, 0.3) is 6.43 Å². The molecule has 1 N–H and O–H groups in total. The van der Waals surface area contributed by atoms with E-state index in [1.807, 2.05) is 30.3 Å². The third-order valence-corrected chi connectivity index (χ3v) is 2.60. The van der Waals surface area contributed by atoms with Crippen molar-refractivity contribution in [2.75, 3.05) is 0 Å². The molecule has 0 bridgehead atoms. The van der Waals surface area contributed by atoms with E-state index in [2.05, 4.69) is 0 Å². The molecule has 0 saturated heterocycles. The van der Waals surface area contributed by atoms with E-state index >= 15 is 0 Å². The van der Waals surface area contributed by atoms with E-state index < -0.39 is 12.5 Å². The first-order chi connectivity index (χ1) is 8.18. The lowest BCUT2D eigenvalue weighted by molar-refractivity contribution is -0.00577. The normalized spacial score (nSPS) is 12.7. The summed E-state index contributed by atoms with van der Waals surface area (Å²) in [4.78, 5) is 0. The Labute approximate surface area is 98.3 Å². The number of benzene rings is 2. The lowest BCUT2D eigenvalue weighted by atomic mass is 10.0. The van der Waals surface area contributed by atoms with Crippen LogP contribution >= 0.6 is 0 Å². The minimum atomic E-state index is -2.75. The Morgan fingerprint density at radius 3 is 1.82 bits per heavy atom. The predicted molar refractivity (Wildman–Crippen MR) is 62.8 cm³/mol. The molecule has 0 fully saturated rings. The summed E-state index contributed by atoms with van der Waals surface area (Å²) in [6.45, 7) is 0. The molecular weight excluding hydrogens is 222 g/mol. The highest BCUT2D eigenvalue weighted by atomic mass is 19.3. The minimum absolute atomic E-state index is 0.236. The summed E-state index contributed by atoms with van der Waals surface area (Å²) in [5, 5.41) is 9.21. The fourth-order valence-electron chi connectivity index (χ4n) is 1.65. The second-order valence-corrected chi connectivity index (χ2v) is 3.77. The van der Waals surface area contributed by atoms with E-state index in [9.17, 15) is 13.9 Å². The molecule has 0 spiro atoms.